The van der Waals surface area contributed by atoms with Crippen LogP contribution < -0.4 is 11.1 Å². The van der Waals surface area contributed by atoms with Crippen LogP contribution in [0.1, 0.15) is 37.5 Å². The van der Waals surface area contributed by atoms with Crippen LogP contribution in [-0.4, -0.2) is 17.7 Å². The van der Waals surface area contributed by atoms with Crippen molar-refractivity contribution < 1.29 is 5.11 Å². The first kappa shape index (κ1) is 18.0. The fraction of sp³-hybridized carbons (Fsp3) is 0.462. The van der Waals surface area contributed by atoms with Crippen molar-refractivity contribution in [2.24, 2.45) is 0 Å². The third-order valence-corrected chi connectivity index (χ3v) is 3.24. The molecule has 0 aliphatic heterocycles. The van der Waals surface area contributed by atoms with Crippen LogP contribution in [0, 0.1) is 11.3 Å². The van der Waals surface area contributed by atoms with Crippen molar-refractivity contribution >= 4 is 29.7 Å². The maximum atomic E-state index is 10.0. The van der Waals surface area contributed by atoms with Crippen molar-refractivity contribution in [3.8, 4) is 6.07 Å². The molecule has 1 aromatic carbocycles. The Morgan fingerprint density at radius 1 is 1.53 bits per heavy atom. The molecule has 2 atom stereocenters. The molecule has 0 aliphatic rings. The second kappa shape index (κ2) is 8.23. The van der Waals surface area contributed by atoms with Crippen molar-refractivity contribution in [2.75, 3.05) is 12.3 Å². The van der Waals surface area contributed by atoms with Crippen LogP contribution in [0.4, 0.5) is 5.69 Å². The normalized spacial score (nSPS) is 13.2. The number of hydrogen-bond acceptors (Lipinski definition) is 4. The van der Waals surface area contributed by atoms with Gasteiger partial charge in [-0.1, -0.05) is 18.5 Å². The summed E-state index contributed by atoms with van der Waals surface area (Å²) in [5.41, 5.74) is 6.80. The maximum absolute atomic E-state index is 10.0. The number of nitrogens with zero attached hydrogens (tertiary/aromatic N) is 1. The molecule has 6 heteroatoms. The van der Waals surface area contributed by atoms with Crippen molar-refractivity contribution in [3.63, 3.8) is 0 Å². The molecular weight excluding hydrogens is 285 g/mol. The SMILES string of the molecule is CCC(C)NCC(O)c1cc(Cl)c(N)c(C#N)c1.Cl. The van der Waals surface area contributed by atoms with Crippen molar-refractivity contribution in [1.82, 2.24) is 5.32 Å². The summed E-state index contributed by atoms with van der Waals surface area (Å²) in [7, 11) is 0. The Bertz CT molecular complexity index is 460. The van der Waals surface area contributed by atoms with Gasteiger partial charge in [-0.3, -0.25) is 0 Å². The zero-order chi connectivity index (χ0) is 13.7. The lowest BCUT2D eigenvalue weighted by Gasteiger charge is -2.17. The Hall–Kier alpha value is -0.990. The Kier molecular flexibility index (Phi) is 7.81. The number of hydrogen-bond donors (Lipinski definition) is 3. The quantitative estimate of drug-likeness (QED) is 0.730. The van der Waals surface area contributed by atoms with Crippen LogP contribution in [0.25, 0.3) is 0 Å². The van der Waals surface area contributed by atoms with Crippen LogP contribution in [-0.2, 0) is 0 Å². The minimum atomic E-state index is -0.704. The maximum Gasteiger partial charge on any atom is 0.101 e. The van der Waals surface area contributed by atoms with Gasteiger partial charge < -0.3 is 16.2 Å². The molecule has 106 valence electrons. The Labute approximate surface area is 125 Å². The molecule has 2 unspecified atom stereocenters. The lowest BCUT2D eigenvalue weighted by molar-refractivity contribution is 0.170. The van der Waals surface area contributed by atoms with Crippen molar-refractivity contribution in [1.29, 1.82) is 5.26 Å². The van der Waals surface area contributed by atoms with Gasteiger partial charge in [0.25, 0.3) is 0 Å². The number of aliphatic hydroxyl groups excluding tert-OH is 1. The second-order valence-corrected chi connectivity index (χ2v) is 4.72. The van der Waals surface area contributed by atoms with E-state index in [1.807, 2.05) is 13.0 Å². The first-order chi connectivity index (χ1) is 8.49. The predicted molar refractivity (Wildman–Crippen MR) is 80.5 cm³/mol. The highest BCUT2D eigenvalue weighted by atomic mass is 35.5. The van der Waals surface area contributed by atoms with Crippen molar-refractivity contribution in [2.45, 2.75) is 32.4 Å². The fourth-order valence-electron chi connectivity index (χ4n) is 1.50. The molecule has 0 heterocycles. The van der Waals surface area contributed by atoms with Gasteiger partial charge in [-0.05, 0) is 31.0 Å². The van der Waals surface area contributed by atoms with E-state index in [4.69, 9.17) is 22.6 Å². The minimum absolute atomic E-state index is 0. The van der Waals surface area contributed by atoms with Crippen LogP contribution in [0.15, 0.2) is 12.1 Å². The summed E-state index contributed by atoms with van der Waals surface area (Å²) < 4.78 is 0. The van der Waals surface area contributed by atoms with Crippen LogP contribution in [0.3, 0.4) is 0 Å². The Balaban J connectivity index is 0.00000324. The topological polar surface area (TPSA) is 82.1 Å². The lowest BCUT2D eigenvalue weighted by Crippen LogP contribution is -2.29. The number of nitrogens with two attached hydrogens (primary N) is 1. The molecule has 4 N–H and O–H groups in total. The molecule has 0 aromatic heterocycles. The Morgan fingerprint density at radius 2 is 2.16 bits per heavy atom. The molecule has 0 fully saturated rings. The van der Waals surface area contributed by atoms with E-state index in [0.717, 1.165) is 6.42 Å². The number of anilines is 1. The third kappa shape index (κ3) is 4.88. The van der Waals surface area contributed by atoms with E-state index in [9.17, 15) is 5.11 Å². The first-order valence-electron chi connectivity index (χ1n) is 5.90. The fourth-order valence-corrected chi connectivity index (χ4v) is 1.73. The summed E-state index contributed by atoms with van der Waals surface area (Å²) >= 11 is 5.92. The smallest absolute Gasteiger partial charge is 0.101 e. The van der Waals surface area contributed by atoms with Gasteiger partial charge in [0.05, 0.1) is 22.4 Å². The van der Waals surface area contributed by atoms with E-state index < -0.39 is 6.10 Å². The zero-order valence-electron chi connectivity index (χ0n) is 11.0. The number of nitrogens with one attached hydrogen (secondary N) is 1. The number of rotatable bonds is 5. The van der Waals surface area contributed by atoms with Gasteiger partial charge in [0, 0.05) is 12.6 Å². The average molecular weight is 304 g/mol. The van der Waals surface area contributed by atoms with Crippen LogP contribution >= 0.6 is 24.0 Å². The molecule has 0 saturated heterocycles. The lowest BCUT2D eigenvalue weighted by atomic mass is 10.0. The second-order valence-electron chi connectivity index (χ2n) is 4.31. The molecule has 4 nitrogen and oxygen atoms in total. The molecule has 0 saturated carbocycles. The molecule has 19 heavy (non-hydrogen) atoms. The predicted octanol–water partition coefficient (Wildman–Crippen LogP) is 2.64. The summed E-state index contributed by atoms with van der Waals surface area (Å²) in [6, 6.07) is 5.47. The highest BCUT2D eigenvalue weighted by Gasteiger charge is 2.13. The van der Waals surface area contributed by atoms with E-state index in [2.05, 4.69) is 12.2 Å². The standard InChI is InChI=1S/C13H18ClN3O.ClH/c1-3-8(2)17-7-12(18)9-4-10(6-15)13(16)11(14)5-9;/h4-5,8,12,17-18H,3,7,16H2,1-2H3;1H. The van der Waals surface area contributed by atoms with E-state index >= 15 is 0 Å². The highest BCUT2D eigenvalue weighted by molar-refractivity contribution is 6.33. The highest BCUT2D eigenvalue weighted by Crippen LogP contribution is 2.27. The number of aliphatic hydroxyl groups is 1. The monoisotopic (exact) mass is 303 g/mol. The molecule has 0 amide bonds. The first-order valence-corrected chi connectivity index (χ1v) is 6.27. The molecule has 0 aliphatic carbocycles. The summed E-state index contributed by atoms with van der Waals surface area (Å²) in [6.45, 7) is 4.53. The van der Waals surface area contributed by atoms with E-state index in [-0.39, 0.29) is 18.1 Å². The van der Waals surface area contributed by atoms with E-state index in [1.165, 1.54) is 0 Å². The van der Waals surface area contributed by atoms with Gasteiger partial charge in [0.2, 0.25) is 0 Å². The molecule has 0 spiro atoms. The van der Waals surface area contributed by atoms with Gasteiger partial charge in [0.15, 0.2) is 0 Å². The van der Waals surface area contributed by atoms with Gasteiger partial charge >= 0.3 is 0 Å². The van der Waals surface area contributed by atoms with E-state index in [1.54, 1.807) is 12.1 Å². The zero-order valence-corrected chi connectivity index (χ0v) is 12.6. The van der Waals surface area contributed by atoms with E-state index in [0.29, 0.717) is 28.7 Å². The summed E-state index contributed by atoms with van der Waals surface area (Å²) in [5, 5.41) is 22.4. The summed E-state index contributed by atoms with van der Waals surface area (Å²) in [6.07, 6.45) is 0.280. The van der Waals surface area contributed by atoms with Crippen molar-refractivity contribution in [3.05, 3.63) is 28.3 Å². The summed E-state index contributed by atoms with van der Waals surface area (Å²) in [5.74, 6) is 0. The molecule has 1 aromatic rings. The third-order valence-electron chi connectivity index (χ3n) is 2.93. The minimum Gasteiger partial charge on any atom is -0.396 e. The molecule has 1 rings (SSSR count). The largest absolute Gasteiger partial charge is 0.396 e. The number of nitriles is 1. The van der Waals surface area contributed by atoms with Gasteiger partial charge in [-0.15, -0.1) is 12.4 Å². The number of nitrogen functional groups attached to an aromatic ring is 1. The number of benzene rings is 1. The molecular formula is C13H19Cl2N3O. The number of halogens is 2. The summed E-state index contributed by atoms with van der Waals surface area (Å²) in [4.78, 5) is 0. The average Bonchev–Trinajstić information content (AvgIpc) is 2.38. The van der Waals surface area contributed by atoms with Crippen LogP contribution in [0.2, 0.25) is 5.02 Å². The van der Waals surface area contributed by atoms with Crippen LogP contribution in [0.5, 0.6) is 0 Å². The van der Waals surface area contributed by atoms with Gasteiger partial charge in [-0.25, -0.2) is 0 Å². The van der Waals surface area contributed by atoms with Gasteiger partial charge in [0.1, 0.15) is 6.07 Å². The molecule has 0 radical (unpaired) electrons. The Morgan fingerprint density at radius 3 is 2.68 bits per heavy atom. The molecule has 0 bridgehead atoms. The van der Waals surface area contributed by atoms with Gasteiger partial charge in [-0.2, -0.15) is 5.26 Å².